The summed E-state index contributed by atoms with van der Waals surface area (Å²) in [5, 5.41) is 0. The fourth-order valence-corrected chi connectivity index (χ4v) is 1.53. The summed E-state index contributed by atoms with van der Waals surface area (Å²) in [6, 6.07) is 5.08. The van der Waals surface area contributed by atoms with Crippen LogP contribution in [-0.2, 0) is 11.3 Å². The molecule has 0 aromatic heterocycles. The molecule has 2 N–H and O–H groups in total. The summed E-state index contributed by atoms with van der Waals surface area (Å²) in [4.78, 5) is 1.85. The van der Waals surface area contributed by atoms with Crippen LogP contribution in [0.3, 0.4) is 0 Å². The number of hydrogen-bond donors (Lipinski definition) is 1. The van der Waals surface area contributed by atoms with Gasteiger partial charge in [0.15, 0.2) is 0 Å². The highest BCUT2D eigenvalue weighted by atomic mass is 19.1. The Kier molecular flexibility index (Phi) is 5.38. The SMILES string of the molecule is CC(C)OCCN(C)c1ccc(CN)cc1F. The summed E-state index contributed by atoms with van der Waals surface area (Å²) in [6.07, 6.45) is 0.202. The molecular formula is C13H21FN2O. The first-order valence-electron chi connectivity index (χ1n) is 5.85. The molecule has 3 nitrogen and oxygen atoms in total. The van der Waals surface area contributed by atoms with Crippen molar-refractivity contribution in [3.63, 3.8) is 0 Å². The zero-order valence-electron chi connectivity index (χ0n) is 10.7. The van der Waals surface area contributed by atoms with Gasteiger partial charge in [-0.2, -0.15) is 0 Å². The highest BCUT2D eigenvalue weighted by molar-refractivity contribution is 5.48. The minimum Gasteiger partial charge on any atom is -0.377 e. The van der Waals surface area contributed by atoms with E-state index in [1.807, 2.05) is 31.9 Å². The van der Waals surface area contributed by atoms with Crippen molar-refractivity contribution in [1.82, 2.24) is 0 Å². The average molecular weight is 240 g/mol. The second kappa shape index (κ2) is 6.57. The maximum atomic E-state index is 13.7. The van der Waals surface area contributed by atoms with Gasteiger partial charge in [0.2, 0.25) is 0 Å². The number of rotatable bonds is 6. The monoisotopic (exact) mass is 240 g/mol. The molecule has 0 radical (unpaired) electrons. The molecule has 0 heterocycles. The minimum absolute atomic E-state index is 0.202. The standard InChI is InChI=1S/C13H21FN2O/c1-10(2)17-7-6-16(3)13-5-4-11(9-15)8-12(13)14/h4-5,8,10H,6-7,9,15H2,1-3H3. The molecule has 0 bridgehead atoms. The van der Waals surface area contributed by atoms with E-state index in [0.29, 0.717) is 25.4 Å². The van der Waals surface area contributed by atoms with Crippen LogP contribution in [0.2, 0.25) is 0 Å². The molecule has 0 saturated heterocycles. The average Bonchev–Trinajstić information content (AvgIpc) is 2.28. The number of anilines is 1. The summed E-state index contributed by atoms with van der Waals surface area (Å²) < 4.78 is 19.2. The zero-order valence-corrected chi connectivity index (χ0v) is 10.7. The van der Waals surface area contributed by atoms with E-state index in [2.05, 4.69) is 0 Å². The van der Waals surface area contributed by atoms with Crippen molar-refractivity contribution in [3.8, 4) is 0 Å². The van der Waals surface area contributed by atoms with Crippen molar-refractivity contribution in [2.45, 2.75) is 26.5 Å². The quantitative estimate of drug-likeness (QED) is 0.828. The van der Waals surface area contributed by atoms with Gasteiger partial charge in [-0.3, -0.25) is 0 Å². The molecule has 17 heavy (non-hydrogen) atoms. The Bertz CT molecular complexity index is 355. The number of hydrogen-bond acceptors (Lipinski definition) is 3. The van der Waals surface area contributed by atoms with Gasteiger partial charge in [-0.1, -0.05) is 6.07 Å². The van der Waals surface area contributed by atoms with Gasteiger partial charge in [0.1, 0.15) is 5.82 Å². The number of ether oxygens (including phenoxy) is 1. The third-order valence-corrected chi connectivity index (χ3v) is 2.54. The Morgan fingerprint density at radius 1 is 1.41 bits per heavy atom. The van der Waals surface area contributed by atoms with E-state index >= 15 is 0 Å². The summed E-state index contributed by atoms with van der Waals surface area (Å²) in [6.45, 7) is 5.58. The zero-order chi connectivity index (χ0) is 12.8. The lowest BCUT2D eigenvalue weighted by Gasteiger charge is -2.21. The second-order valence-corrected chi connectivity index (χ2v) is 4.33. The number of likely N-dealkylation sites (N-methyl/N-ethyl adjacent to an activating group) is 1. The van der Waals surface area contributed by atoms with Crippen LogP contribution < -0.4 is 10.6 Å². The highest BCUT2D eigenvalue weighted by Gasteiger charge is 2.08. The number of benzene rings is 1. The normalized spacial score (nSPS) is 10.9. The molecule has 0 amide bonds. The molecule has 4 heteroatoms. The third kappa shape index (κ3) is 4.32. The van der Waals surface area contributed by atoms with E-state index in [4.69, 9.17) is 10.5 Å². The first-order chi connectivity index (χ1) is 8.04. The molecule has 1 rings (SSSR count). The molecule has 1 aromatic rings. The largest absolute Gasteiger partial charge is 0.377 e. The lowest BCUT2D eigenvalue weighted by atomic mass is 10.2. The predicted octanol–water partition coefficient (Wildman–Crippen LogP) is 2.15. The maximum absolute atomic E-state index is 13.7. The summed E-state index contributed by atoms with van der Waals surface area (Å²) in [7, 11) is 1.85. The van der Waals surface area contributed by atoms with Gasteiger partial charge in [0.25, 0.3) is 0 Å². The van der Waals surface area contributed by atoms with E-state index in [0.717, 1.165) is 5.56 Å². The molecule has 0 fully saturated rings. The van der Waals surface area contributed by atoms with Gasteiger partial charge < -0.3 is 15.4 Å². The summed E-state index contributed by atoms with van der Waals surface area (Å²) in [5.41, 5.74) is 6.84. The van der Waals surface area contributed by atoms with Crippen LogP contribution in [0.4, 0.5) is 10.1 Å². The van der Waals surface area contributed by atoms with Gasteiger partial charge in [-0.15, -0.1) is 0 Å². The number of nitrogens with two attached hydrogens (primary N) is 1. The van der Waals surface area contributed by atoms with Crippen molar-refractivity contribution in [2.75, 3.05) is 25.1 Å². The Morgan fingerprint density at radius 3 is 2.65 bits per heavy atom. The molecule has 0 unspecified atom stereocenters. The van der Waals surface area contributed by atoms with Crippen molar-refractivity contribution in [1.29, 1.82) is 0 Å². The van der Waals surface area contributed by atoms with Crippen molar-refractivity contribution >= 4 is 5.69 Å². The fourth-order valence-electron chi connectivity index (χ4n) is 1.53. The van der Waals surface area contributed by atoms with Gasteiger partial charge in [-0.25, -0.2) is 4.39 Å². The van der Waals surface area contributed by atoms with Crippen LogP contribution in [0, 0.1) is 5.82 Å². The molecule has 0 spiro atoms. The van der Waals surface area contributed by atoms with Crippen LogP contribution >= 0.6 is 0 Å². The smallest absolute Gasteiger partial charge is 0.146 e. The minimum atomic E-state index is -0.236. The van der Waals surface area contributed by atoms with Crippen LogP contribution in [0.25, 0.3) is 0 Å². The Morgan fingerprint density at radius 2 is 2.12 bits per heavy atom. The van der Waals surface area contributed by atoms with Crippen LogP contribution in [0.15, 0.2) is 18.2 Å². The molecule has 96 valence electrons. The molecule has 1 aromatic carbocycles. The predicted molar refractivity (Wildman–Crippen MR) is 68.6 cm³/mol. The second-order valence-electron chi connectivity index (χ2n) is 4.33. The lowest BCUT2D eigenvalue weighted by molar-refractivity contribution is 0.0845. The van der Waals surface area contributed by atoms with Crippen molar-refractivity contribution in [3.05, 3.63) is 29.6 Å². The van der Waals surface area contributed by atoms with E-state index in [1.165, 1.54) is 6.07 Å². The van der Waals surface area contributed by atoms with Gasteiger partial charge in [-0.05, 0) is 31.5 Å². The third-order valence-electron chi connectivity index (χ3n) is 2.54. The Balaban J connectivity index is 2.59. The van der Waals surface area contributed by atoms with Gasteiger partial charge >= 0.3 is 0 Å². The van der Waals surface area contributed by atoms with Crippen LogP contribution in [-0.4, -0.2) is 26.3 Å². The molecule has 0 saturated carbocycles. The van der Waals surface area contributed by atoms with E-state index in [-0.39, 0.29) is 11.9 Å². The highest BCUT2D eigenvalue weighted by Crippen LogP contribution is 2.19. The van der Waals surface area contributed by atoms with Crippen molar-refractivity contribution in [2.24, 2.45) is 5.73 Å². The maximum Gasteiger partial charge on any atom is 0.146 e. The topological polar surface area (TPSA) is 38.5 Å². The molecular weight excluding hydrogens is 219 g/mol. The molecule has 0 atom stereocenters. The van der Waals surface area contributed by atoms with E-state index in [1.54, 1.807) is 6.07 Å². The van der Waals surface area contributed by atoms with Crippen LogP contribution in [0.1, 0.15) is 19.4 Å². The first kappa shape index (κ1) is 13.9. The Hall–Kier alpha value is -1.13. The van der Waals surface area contributed by atoms with Crippen molar-refractivity contribution < 1.29 is 9.13 Å². The molecule has 0 aliphatic heterocycles. The number of halogens is 1. The fraction of sp³-hybridized carbons (Fsp3) is 0.538. The Labute approximate surface area is 102 Å². The summed E-state index contributed by atoms with van der Waals surface area (Å²) in [5.74, 6) is -0.236. The first-order valence-corrected chi connectivity index (χ1v) is 5.85. The molecule has 0 aliphatic carbocycles. The lowest BCUT2D eigenvalue weighted by Crippen LogP contribution is -2.24. The molecule has 0 aliphatic rings. The van der Waals surface area contributed by atoms with Gasteiger partial charge in [0, 0.05) is 20.1 Å². The van der Waals surface area contributed by atoms with Crippen LogP contribution in [0.5, 0.6) is 0 Å². The van der Waals surface area contributed by atoms with Gasteiger partial charge in [0.05, 0.1) is 18.4 Å². The number of nitrogens with zero attached hydrogens (tertiary/aromatic N) is 1. The summed E-state index contributed by atoms with van der Waals surface area (Å²) >= 11 is 0. The van der Waals surface area contributed by atoms with E-state index < -0.39 is 0 Å². The van der Waals surface area contributed by atoms with E-state index in [9.17, 15) is 4.39 Å².